The molecule has 1 heterocycles. The monoisotopic (exact) mass is 385 g/mol. The molecule has 0 bridgehead atoms. The molecule has 1 N–H and O–H groups in total. The molecule has 0 aliphatic rings. The van der Waals surface area contributed by atoms with E-state index in [9.17, 15) is 4.79 Å². The van der Waals surface area contributed by atoms with Gasteiger partial charge in [0.15, 0.2) is 4.34 Å². The molecule has 0 radical (unpaired) electrons. The Hall–Kier alpha value is -2.33. The molecule has 1 aromatic heterocycles. The number of aromatic nitrogens is 1. The SMILES string of the molecule is N#Cc1ccc(NC(=O)CSc2nc(-c3ccccc3)cs2)cc1Cl. The van der Waals surface area contributed by atoms with E-state index in [0.717, 1.165) is 15.6 Å². The van der Waals surface area contributed by atoms with Crippen molar-refractivity contribution in [2.75, 3.05) is 11.1 Å². The lowest BCUT2D eigenvalue weighted by Gasteiger charge is -2.05. The van der Waals surface area contributed by atoms with E-state index in [1.54, 1.807) is 18.2 Å². The first kappa shape index (κ1) is 17.5. The van der Waals surface area contributed by atoms with E-state index in [1.165, 1.54) is 23.1 Å². The zero-order valence-corrected chi connectivity index (χ0v) is 15.3. The summed E-state index contributed by atoms with van der Waals surface area (Å²) in [7, 11) is 0. The molecule has 0 aliphatic carbocycles. The molecule has 0 saturated carbocycles. The highest BCUT2D eigenvalue weighted by molar-refractivity contribution is 8.01. The van der Waals surface area contributed by atoms with Crippen LogP contribution in [0.5, 0.6) is 0 Å². The zero-order chi connectivity index (χ0) is 17.6. The number of nitrogens with zero attached hydrogens (tertiary/aromatic N) is 2. The van der Waals surface area contributed by atoms with Gasteiger partial charge in [0, 0.05) is 16.6 Å². The third kappa shape index (κ3) is 4.60. The number of rotatable bonds is 5. The van der Waals surface area contributed by atoms with Crippen molar-refractivity contribution in [1.82, 2.24) is 4.98 Å². The lowest BCUT2D eigenvalue weighted by molar-refractivity contribution is -0.113. The highest BCUT2D eigenvalue weighted by Gasteiger charge is 2.09. The molecule has 0 fully saturated rings. The average molecular weight is 386 g/mol. The van der Waals surface area contributed by atoms with E-state index in [2.05, 4.69) is 10.3 Å². The molecule has 4 nitrogen and oxygen atoms in total. The van der Waals surface area contributed by atoms with Gasteiger partial charge in [0.05, 0.1) is 22.0 Å². The number of benzene rings is 2. The predicted molar refractivity (Wildman–Crippen MR) is 103 cm³/mol. The Kier molecular flexibility index (Phi) is 5.71. The summed E-state index contributed by atoms with van der Waals surface area (Å²) in [5.41, 5.74) is 2.92. The molecule has 0 unspecified atom stereocenters. The Bertz CT molecular complexity index is 935. The minimum atomic E-state index is -0.151. The van der Waals surface area contributed by atoms with Crippen molar-refractivity contribution in [2.24, 2.45) is 0 Å². The van der Waals surface area contributed by atoms with Gasteiger partial charge in [0.1, 0.15) is 6.07 Å². The minimum absolute atomic E-state index is 0.151. The highest BCUT2D eigenvalue weighted by Crippen LogP contribution is 2.28. The second-order valence-electron chi connectivity index (χ2n) is 5.01. The number of hydrogen-bond acceptors (Lipinski definition) is 5. The number of carbonyl (C=O) groups excluding carboxylic acids is 1. The van der Waals surface area contributed by atoms with Crippen LogP contribution < -0.4 is 5.32 Å². The van der Waals surface area contributed by atoms with Crippen LogP contribution in [0.4, 0.5) is 5.69 Å². The highest BCUT2D eigenvalue weighted by atomic mass is 35.5. The fourth-order valence-corrected chi connectivity index (χ4v) is 3.93. The number of hydrogen-bond donors (Lipinski definition) is 1. The van der Waals surface area contributed by atoms with E-state index in [4.69, 9.17) is 16.9 Å². The van der Waals surface area contributed by atoms with Crippen LogP contribution in [0.1, 0.15) is 5.56 Å². The van der Waals surface area contributed by atoms with Gasteiger partial charge in [-0.05, 0) is 18.2 Å². The number of nitrogens with one attached hydrogen (secondary N) is 1. The molecular weight excluding hydrogens is 374 g/mol. The number of carbonyl (C=O) groups is 1. The fraction of sp³-hybridized carbons (Fsp3) is 0.0556. The van der Waals surface area contributed by atoms with Crippen molar-refractivity contribution in [3.8, 4) is 17.3 Å². The van der Waals surface area contributed by atoms with Gasteiger partial charge in [0.2, 0.25) is 5.91 Å². The lowest BCUT2D eigenvalue weighted by Crippen LogP contribution is -2.13. The number of thiazole rings is 1. The summed E-state index contributed by atoms with van der Waals surface area (Å²) in [5, 5.41) is 13.9. The van der Waals surface area contributed by atoms with E-state index in [1.807, 2.05) is 41.8 Å². The summed E-state index contributed by atoms with van der Waals surface area (Å²) in [6.07, 6.45) is 0. The molecule has 3 aromatic rings. The largest absolute Gasteiger partial charge is 0.325 e. The Labute approximate surface area is 158 Å². The number of amides is 1. The van der Waals surface area contributed by atoms with Crippen molar-refractivity contribution in [2.45, 2.75) is 4.34 Å². The van der Waals surface area contributed by atoms with Gasteiger partial charge in [0.25, 0.3) is 0 Å². The Morgan fingerprint density at radius 3 is 2.80 bits per heavy atom. The number of anilines is 1. The fourth-order valence-electron chi connectivity index (χ4n) is 2.07. The topological polar surface area (TPSA) is 65.8 Å². The van der Waals surface area contributed by atoms with Crippen molar-refractivity contribution in [1.29, 1.82) is 5.26 Å². The maximum Gasteiger partial charge on any atom is 0.234 e. The lowest BCUT2D eigenvalue weighted by atomic mass is 10.2. The van der Waals surface area contributed by atoms with E-state index >= 15 is 0 Å². The standard InChI is InChI=1S/C18H12ClN3OS2/c19-15-8-14(7-6-13(15)9-20)21-17(23)11-25-18-22-16(10-24-18)12-4-2-1-3-5-12/h1-8,10H,11H2,(H,21,23). The third-order valence-electron chi connectivity index (χ3n) is 3.25. The molecule has 2 aromatic carbocycles. The normalized spacial score (nSPS) is 10.2. The third-order valence-corrected chi connectivity index (χ3v) is 5.59. The number of nitriles is 1. The molecule has 124 valence electrons. The molecule has 0 spiro atoms. The van der Waals surface area contributed by atoms with Crippen LogP contribution in [-0.4, -0.2) is 16.6 Å². The van der Waals surface area contributed by atoms with Gasteiger partial charge in [-0.15, -0.1) is 11.3 Å². The summed E-state index contributed by atoms with van der Waals surface area (Å²) >= 11 is 8.86. The summed E-state index contributed by atoms with van der Waals surface area (Å²) in [4.78, 5) is 16.6. The molecule has 1 amide bonds. The summed E-state index contributed by atoms with van der Waals surface area (Å²) in [6, 6.07) is 16.7. The first-order chi connectivity index (χ1) is 12.2. The summed E-state index contributed by atoms with van der Waals surface area (Å²) in [6.45, 7) is 0. The van der Waals surface area contributed by atoms with Crippen LogP contribution >= 0.6 is 34.7 Å². The van der Waals surface area contributed by atoms with Crippen LogP contribution in [0, 0.1) is 11.3 Å². The van der Waals surface area contributed by atoms with Gasteiger partial charge in [-0.3, -0.25) is 4.79 Å². The van der Waals surface area contributed by atoms with Crippen LogP contribution in [0.3, 0.4) is 0 Å². The first-order valence-corrected chi connectivity index (χ1v) is 9.53. The second kappa shape index (κ2) is 8.17. The molecule has 0 atom stereocenters. The van der Waals surface area contributed by atoms with Gasteiger partial charge in [-0.1, -0.05) is 53.7 Å². The van der Waals surface area contributed by atoms with Crippen LogP contribution in [0.25, 0.3) is 11.3 Å². The van der Waals surface area contributed by atoms with Crippen molar-refractivity contribution in [3.63, 3.8) is 0 Å². The van der Waals surface area contributed by atoms with Crippen LogP contribution in [-0.2, 0) is 4.79 Å². The molecule has 0 saturated heterocycles. The first-order valence-electron chi connectivity index (χ1n) is 7.29. The molecule has 7 heteroatoms. The van der Waals surface area contributed by atoms with E-state index < -0.39 is 0 Å². The van der Waals surface area contributed by atoms with Gasteiger partial charge >= 0.3 is 0 Å². The average Bonchev–Trinajstić information content (AvgIpc) is 3.10. The predicted octanol–water partition coefficient (Wildman–Crippen LogP) is 5.07. The quantitative estimate of drug-likeness (QED) is 0.623. The Morgan fingerprint density at radius 1 is 1.28 bits per heavy atom. The maximum absolute atomic E-state index is 12.1. The van der Waals surface area contributed by atoms with Crippen LogP contribution in [0.15, 0.2) is 58.3 Å². The van der Waals surface area contributed by atoms with Gasteiger partial charge in [-0.2, -0.15) is 5.26 Å². The maximum atomic E-state index is 12.1. The Balaban J connectivity index is 1.57. The summed E-state index contributed by atoms with van der Waals surface area (Å²) < 4.78 is 0.840. The van der Waals surface area contributed by atoms with E-state index in [-0.39, 0.29) is 11.7 Å². The number of halogens is 1. The molecule has 25 heavy (non-hydrogen) atoms. The summed E-state index contributed by atoms with van der Waals surface area (Å²) in [5.74, 6) is 0.0987. The molecule has 3 rings (SSSR count). The van der Waals surface area contributed by atoms with Crippen molar-refractivity contribution >= 4 is 46.3 Å². The van der Waals surface area contributed by atoms with Crippen molar-refractivity contribution in [3.05, 3.63) is 64.5 Å². The number of thioether (sulfide) groups is 1. The smallest absolute Gasteiger partial charge is 0.234 e. The Morgan fingerprint density at radius 2 is 2.08 bits per heavy atom. The van der Waals surface area contributed by atoms with Crippen LogP contribution in [0.2, 0.25) is 5.02 Å². The van der Waals surface area contributed by atoms with Crippen molar-refractivity contribution < 1.29 is 4.79 Å². The molecular formula is C18H12ClN3OS2. The molecule has 0 aliphatic heterocycles. The van der Waals surface area contributed by atoms with E-state index in [0.29, 0.717) is 16.3 Å². The van der Waals surface area contributed by atoms with Gasteiger partial charge in [-0.25, -0.2) is 4.98 Å². The van der Waals surface area contributed by atoms with Gasteiger partial charge < -0.3 is 5.32 Å². The zero-order valence-electron chi connectivity index (χ0n) is 12.9. The second-order valence-corrected chi connectivity index (χ2v) is 7.50. The minimum Gasteiger partial charge on any atom is -0.325 e.